The number of piperazine rings is 1. The molecule has 3 N–H and O–H groups in total. The molecule has 1 aliphatic rings. The van der Waals surface area contributed by atoms with E-state index in [1.54, 1.807) is 36.4 Å². The molecule has 1 heterocycles. The fourth-order valence-corrected chi connectivity index (χ4v) is 4.34. The van der Waals surface area contributed by atoms with E-state index < -0.39 is 12.1 Å². The van der Waals surface area contributed by atoms with Gasteiger partial charge < -0.3 is 29.9 Å². The molecule has 9 nitrogen and oxygen atoms in total. The first-order chi connectivity index (χ1) is 18.0. The van der Waals surface area contributed by atoms with E-state index >= 15 is 0 Å². The first kappa shape index (κ1) is 28.6. The van der Waals surface area contributed by atoms with Crippen LogP contribution in [0.15, 0.2) is 36.4 Å². The van der Waals surface area contributed by atoms with Crippen molar-refractivity contribution in [2.45, 2.75) is 25.6 Å². The molecular weight excluding hydrogens is 503 g/mol. The molecule has 0 radical (unpaired) electrons. The number of carbonyl (C=O) groups excluding carboxylic acids is 2. The summed E-state index contributed by atoms with van der Waals surface area (Å²) in [5.41, 5.74) is 3.04. The molecule has 2 aromatic carbocycles. The van der Waals surface area contributed by atoms with E-state index in [9.17, 15) is 22.8 Å². The van der Waals surface area contributed by atoms with Crippen LogP contribution in [0, 0.1) is 5.41 Å². The van der Waals surface area contributed by atoms with Gasteiger partial charge in [0.05, 0.1) is 19.9 Å². The van der Waals surface area contributed by atoms with Crippen LogP contribution in [0.2, 0.25) is 0 Å². The maximum absolute atomic E-state index is 12.7. The Morgan fingerprint density at radius 3 is 2.13 bits per heavy atom. The molecule has 38 heavy (non-hydrogen) atoms. The number of ether oxygens (including phenoxy) is 2. The van der Waals surface area contributed by atoms with Crippen molar-refractivity contribution in [1.82, 2.24) is 15.5 Å². The number of methoxy groups -OCH3 is 2. The standard InChI is InChI=1S/C26H32F3N5O4/c1-16(32-25(36)31-2)13-18-14-21(37-3)22(38-4)15-20(18)23(30)17-5-7-19(8-6-17)33-9-11-34(12-10-33)24(35)26(27,28)29/h5-8,14-16,30H,9-13H2,1-4H3,(H2,31,32,36). The lowest BCUT2D eigenvalue weighted by molar-refractivity contribution is -0.185. The summed E-state index contributed by atoms with van der Waals surface area (Å²) in [7, 11) is 4.57. The van der Waals surface area contributed by atoms with E-state index in [4.69, 9.17) is 14.9 Å². The minimum absolute atomic E-state index is 0.0206. The number of nitrogens with one attached hydrogen (secondary N) is 3. The molecule has 0 spiro atoms. The molecule has 206 valence electrons. The van der Waals surface area contributed by atoms with Crippen molar-refractivity contribution in [3.05, 3.63) is 53.1 Å². The van der Waals surface area contributed by atoms with E-state index in [0.29, 0.717) is 29.0 Å². The Morgan fingerprint density at radius 1 is 1.03 bits per heavy atom. The predicted octanol–water partition coefficient (Wildman–Crippen LogP) is 3.19. The largest absolute Gasteiger partial charge is 0.493 e. The second-order valence-corrected chi connectivity index (χ2v) is 8.89. The Morgan fingerprint density at radius 2 is 1.61 bits per heavy atom. The monoisotopic (exact) mass is 535 g/mol. The fraction of sp³-hybridized carbons (Fsp3) is 0.423. The van der Waals surface area contributed by atoms with Crippen molar-refractivity contribution in [2.24, 2.45) is 0 Å². The van der Waals surface area contributed by atoms with Crippen LogP contribution in [0.1, 0.15) is 23.6 Å². The van der Waals surface area contributed by atoms with Crippen LogP contribution in [-0.4, -0.2) is 82.2 Å². The number of rotatable bonds is 8. The van der Waals surface area contributed by atoms with Crippen molar-refractivity contribution in [3.8, 4) is 11.5 Å². The number of benzene rings is 2. The molecule has 0 aromatic heterocycles. The third-order valence-corrected chi connectivity index (χ3v) is 6.34. The number of halogens is 3. The molecule has 0 bridgehead atoms. The summed E-state index contributed by atoms with van der Waals surface area (Å²) in [6.45, 7) is 2.36. The average molecular weight is 536 g/mol. The van der Waals surface area contributed by atoms with Gasteiger partial charge in [-0.2, -0.15) is 13.2 Å². The van der Waals surface area contributed by atoms with Crippen molar-refractivity contribution in [2.75, 3.05) is 52.3 Å². The molecule has 2 aromatic rings. The number of amides is 3. The Balaban J connectivity index is 1.79. The molecule has 0 saturated carbocycles. The highest BCUT2D eigenvalue weighted by Crippen LogP contribution is 2.33. The van der Waals surface area contributed by atoms with E-state index in [-0.39, 0.29) is 44.0 Å². The van der Waals surface area contributed by atoms with Gasteiger partial charge in [0, 0.05) is 56.1 Å². The van der Waals surface area contributed by atoms with Gasteiger partial charge in [0.2, 0.25) is 0 Å². The summed E-state index contributed by atoms with van der Waals surface area (Å²) in [4.78, 5) is 26.0. The highest BCUT2D eigenvalue weighted by atomic mass is 19.4. The quantitative estimate of drug-likeness (QED) is 0.450. The van der Waals surface area contributed by atoms with Crippen molar-refractivity contribution < 1.29 is 32.2 Å². The smallest absolute Gasteiger partial charge is 0.471 e. The highest BCUT2D eigenvalue weighted by molar-refractivity contribution is 6.12. The molecule has 1 fully saturated rings. The van der Waals surface area contributed by atoms with Crippen LogP contribution in [0.25, 0.3) is 0 Å². The van der Waals surface area contributed by atoms with E-state index in [0.717, 1.165) is 16.2 Å². The van der Waals surface area contributed by atoms with Gasteiger partial charge in [-0.15, -0.1) is 0 Å². The lowest BCUT2D eigenvalue weighted by Gasteiger charge is -2.36. The molecule has 3 rings (SSSR count). The summed E-state index contributed by atoms with van der Waals surface area (Å²) in [6, 6.07) is 10.1. The number of nitrogens with zero attached hydrogens (tertiary/aromatic N) is 2. The SMILES string of the molecule is CNC(=O)NC(C)Cc1cc(OC)c(OC)cc1C(=N)c1ccc(N2CCN(C(=O)C(F)(F)F)CC2)cc1. The van der Waals surface area contributed by atoms with Crippen molar-refractivity contribution in [3.63, 3.8) is 0 Å². The minimum atomic E-state index is -4.87. The zero-order valence-electron chi connectivity index (χ0n) is 21.7. The first-order valence-electron chi connectivity index (χ1n) is 12.0. The van der Waals surface area contributed by atoms with Crippen LogP contribution in [0.3, 0.4) is 0 Å². The maximum Gasteiger partial charge on any atom is 0.471 e. The molecule has 1 saturated heterocycles. The minimum Gasteiger partial charge on any atom is -0.493 e. The molecule has 0 aliphatic carbocycles. The topological polar surface area (TPSA) is 107 Å². The van der Waals surface area contributed by atoms with Crippen LogP contribution >= 0.6 is 0 Å². The average Bonchev–Trinajstić information content (AvgIpc) is 2.91. The molecule has 1 unspecified atom stereocenters. The van der Waals surface area contributed by atoms with Gasteiger partial charge in [0.15, 0.2) is 11.5 Å². The fourth-order valence-electron chi connectivity index (χ4n) is 4.34. The summed E-state index contributed by atoms with van der Waals surface area (Å²) in [5.74, 6) is -0.845. The molecule has 12 heteroatoms. The molecule has 1 aliphatic heterocycles. The Hall–Kier alpha value is -3.96. The van der Waals surface area contributed by atoms with Gasteiger partial charge in [0.25, 0.3) is 0 Å². The lowest BCUT2D eigenvalue weighted by Crippen LogP contribution is -2.52. The second-order valence-electron chi connectivity index (χ2n) is 8.89. The predicted molar refractivity (Wildman–Crippen MR) is 138 cm³/mol. The highest BCUT2D eigenvalue weighted by Gasteiger charge is 2.43. The summed E-state index contributed by atoms with van der Waals surface area (Å²) in [5, 5.41) is 14.3. The maximum atomic E-state index is 12.7. The van der Waals surface area contributed by atoms with Crippen LogP contribution < -0.4 is 25.0 Å². The van der Waals surface area contributed by atoms with E-state index in [2.05, 4.69) is 10.6 Å². The number of alkyl halides is 3. The first-order valence-corrected chi connectivity index (χ1v) is 12.0. The number of hydrogen-bond donors (Lipinski definition) is 3. The number of urea groups is 1. The van der Waals surface area contributed by atoms with Crippen molar-refractivity contribution in [1.29, 1.82) is 5.41 Å². The van der Waals surface area contributed by atoms with Crippen molar-refractivity contribution >= 4 is 23.3 Å². The summed E-state index contributed by atoms with van der Waals surface area (Å²) >= 11 is 0. The summed E-state index contributed by atoms with van der Waals surface area (Å²) in [6.07, 6.45) is -4.44. The third kappa shape index (κ3) is 6.67. The van der Waals surface area contributed by atoms with E-state index in [1.165, 1.54) is 21.3 Å². The zero-order chi connectivity index (χ0) is 28.0. The molecule has 1 atom stereocenters. The van der Waals surface area contributed by atoms with Crippen LogP contribution in [0.4, 0.5) is 23.7 Å². The Bertz CT molecular complexity index is 1160. The Labute approximate surface area is 219 Å². The van der Waals surface area contributed by atoms with Crippen LogP contribution in [-0.2, 0) is 11.2 Å². The number of hydrogen-bond acceptors (Lipinski definition) is 6. The Kier molecular flexibility index (Phi) is 9.08. The van der Waals surface area contributed by atoms with Gasteiger partial charge in [-0.3, -0.25) is 10.2 Å². The zero-order valence-corrected chi connectivity index (χ0v) is 21.7. The second kappa shape index (κ2) is 12.1. The van der Waals surface area contributed by atoms with Gasteiger partial charge >= 0.3 is 18.1 Å². The van der Waals surface area contributed by atoms with Gasteiger partial charge in [-0.05, 0) is 43.2 Å². The lowest BCUT2D eigenvalue weighted by atomic mass is 9.93. The normalized spacial score (nSPS) is 14.5. The van der Waals surface area contributed by atoms with E-state index in [1.807, 2.05) is 11.8 Å². The number of carbonyl (C=O) groups is 2. The van der Waals surface area contributed by atoms with Crippen LogP contribution in [0.5, 0.6) is 11.5 Å². The van der Waals surface area contributed by atoms with Gasteiger partial charge in [-0.1, -0.05) is 12.1 Å². The molecular formula is C26H32F3N5O4. The van der Waals surface area contributed by atoms with Gasteiger partial charge in [0.1, 0.15) is 0 Å². The van der Waals surface area contributed by atoms with Gasteiger partial charge in [-0.25, -0.2) is 4.79 Å². The third-order valence-electron chi connectivity index (χ3n) is 6.34. The summed E-state index contributed by atoms with van der Waals surface area (Å²) < 4.78 is 49.0. The number of anilines is 1. The molecule has 3 amide bonds.